The predicted molar refractivity (Wildman–Crippen MR) is 205 cm³/mol. The number of nitrogens with zero attached hydrogens (tertiary/aromatic N) is 1. The first-order valence-corrected chi connectivity index (χ1v) is 18.3. The zero-order valence-electron chi connectivity index (χ0n) is 27.5. The van der Waals surface area contributed by atoms with E-state index in [1.54, 1.807) is 0 Å². The smallest absolute Gasteiger partial charge is 0.124 e. The Bertz CT molecular complexity index is 2580. The lowest BCUT2D eigenvalue weighted by Gasteiger charge is -2.31. The Morgan fingerprint density at radius 3 is 1.86 bits per heavy atom. The lowest BCUT2D eigenvalue weighted by molar-refractivity contribution is 0.660. The Labute approximate surface area is 291 Å². The second kappa shape index (κ2) is 9.65. The second-order valence-corrected chi connectivity index (χ2v) is 15.5. The van der Waals surface area contributed by atoms with Crippen LogP contribution in [-0.2, 0) is 10.8 Å². The Balaban J connectivity index is 1.03. The van der Waals surface area contributed by atoms with Gasteiger partial charge in [-0.3, -0.25) is 0 Å². The average Bonchev–Trinajstić information content (AvgIpc) is 3.86. The van der Waals surface area contributed by atoms with Crippen molar-refractivity contribution in [2.75, 3.05) is 0 Å². The maximum atomic E-state index is 5.45. The van der Waals surface area contributed by atoms with E-state index in [2.05, 4.69) is 153 Å². The normalized spacial score (nSPS) is 16.8. The van der Waals surface area contributed by atoms with Crippen molar-refractivity contribution in [3.8, 4) is 44.0 Å². The maximum Gasteiger partial charge on any atom is 0.124 e. The van der Waals surface area contributed by atoms with Gasteiger partial charge in [0, 0.05) is 16.5 Å². The molecule has 232 valence electrons. The first kappa shape index (κ1) is 27.6. The van der Waals surface area contributed by atoms with E-state index in [0.29, 0.717) is 0 Å². The summed E-state index contributed by atoms with van der Waals surface area (Å²) in [5, 5.41) is 1.08. The number of aromatic nitrogens is 1. The van der Waals surface area contributed by atoms with Crippen LogP contribution < -0.4 is 0 Å². The van der Waals surface area contributed by atoms with Gasteiger partial charge in [0.25, 0.3) is 0 Å². The van der Waals surface area contributed by atoms with Crippen molar-refractivity contribution < 1.29 is 0 Å². The highest BCUT2D eigenvalue weighted by Gasteiger charge is 2.54. The molecule has 0 saturated heterocycles. The maximum absolute atomic E-state index is 5.45. The number of hydrogen-bond acceptors (Lipinski definition) is 2. The van der Waals surface area contributed by atoms with Crippen molar-refractivity contribution in [3.05, 3.63) is 178 Å². The van der Waals surface area contributed by atoms with Gasteiger partial charge in [-0.25, -0.2) is 4.98 Å². The van der Waals surface area contributed by atoms with E-state index in [0.717, 1.165) is 23.4 Å². The molecule has 0 fully saturated rings. The Morgan fingerprint density at radius 2 is 1.12 bits per heavy atom. The van der Waals surface area contributed by atoms with Crippen LogP contribution >= 0.6 is 11.3 Å². The van der Waals surface area contributed by atoms with Crippen LogP contribution in [0.3, 0.4) is 0 Å². The van der Waals surface area contributed by atoms with Gasteiger partial charge in [0.1, 0.15) is 5.01 Å². The molecule has 7 aromatic rings. The van der Waals surface area contributed by atoms with Gasteiger partial charge in [0.15, 0.2) is 0 Å². The van der Waals surface area contributed by atoms with Gasteiger partial charge in [-0.15, -0.1) is 11.3 Å². The lowest BCUT2D eigenvalue weighted by Crippen LogP contribution is -2.26. The number of benzene rings is 6. The molecule has 0 bridgehead atoms. The quantitative estimate of drug-likeness (QED) is 0.183. The molecule has 1 aromatic heterocycles. The number of fused-ring (bicyclic) bond motifs is 15. The Hall–Kier alpha value is -5.31. The molecule has 0 saturated carbocycles. The number of rotatable bonds is 2. The molecule has 0 N–H and O–H groups in total. The van der Waals surface area contributed by atoms with Crippen molar-refractivity contribution in [2.45, 2.75) is 37.5 Å². The average molecular weight is 644 g/mol. The fourth-order valence-corrected chi connectivity index (χ4v) is 10.6. The van der Waals surface area contributed by atoms with E-state index in [-0.39, 0.29) is 10.8 Å². The Kier molecular flexibility index (Phi) is 5.44. The molecule has 11 rings (SSSR count). The molecular weight excluding hydrogens is 611 g/mol. The lowest BCUT2D eigenvalue weighted by atomic mass is 9.69. The topological polar surface area (TPSA) is 12.9 Å². The van der Waals surface area contributed by atoms with Crippen molar-refractivity contribution in [1.29, 1.82) is 0 Å². The first-order chi connectivity index (χ1) is 24.0. The van der Waals surface area contributed by atoms with Gasteiger partial charge < -0.3 is 0 Å². The number of thiazole rings is 1. The molecule has 6 aromatic carbocycles. The van der Waals surface area contributed by atoms with E-state index in [1.807, 2.05) is 11.3 Å². The number of hydrogen-bond donors (Lipinski definition) is 0. The zero-order chi connectivity index (χ0) is 32.5. The highest BCUT2D eigenvalue weighted by Crippen LogP contribution is 2.65. The van der Waals surface area contributed by atoms with Crippen molar-refractivity contribution in [1.82, 2.24) is 4.98 Å². The molecule has 0 aliphatic heterocycles. The third-order valence-electron chi connectivity index (χ3n) is 11.8. The molecule has 2 heteroatoms. The third-order valence-corrected chi connectivity index (χ3v) is 12.9. The predicted octanol–water partition coefficient (Wildman–Crippen LogP) is 12.4. The van der Waals surface area contributed by atoms with E-state index in [4.69, 9.17) is 4.98 Å². The van der Waals surface area contributed by atoms with Crippen molar-refractivity contribution >= 4 is 27.1 Å². The molecule has 1 nitrogen and oxygen atoms in total. The van der Waals surface area contributed by atoms with Crippen molar-refractivity contribution in [2.24, 2.45) is 0 Å². The summed E-state index contributed by atoms with van der Waals surface area (Å²) in [5.74, 6) is 0. The summed E-state index contributed by atoms with van der Waals surface area (Å²) < 4.78 is 1.25. The summed E-state index contributed by atoms with van der Waals surface area (Å²) in [6.07, 6.45) is 7.14. The molecule has 4 aliphatic carbocycles. The van der Waals surface area contributed by atoms with Crippen molar-refractivity contribution in [3.63, 3.8) is 0 Å². The van der Waals surface area contributed by atoms with E-state index in [9.17, 15) is 0 Å². The minimum Gasteiger partial charge on any atom is -0.235 e. The van der Waals surface area contributed by atoms with Crippen LogP contribution in [0.15, 0.2) is 145 Å². The first-order valence-electron chi connectivity index (χ1n) is 17.5. The van der Waals surface area contributed by atoms with Crippen LogP contribution in [0.4, 0.5) is 0 Å². The van der Waals surface area contributed by atoms with Gasteiger partial charge in [-0.05, 0) is 97.3 Å². The SMILES string of the molecule is CC1(C)c2ccccc2-c2ccc(-c3ccc(-c4nc5c6c(ccc5s4)C4(C5=CCCC=C56)c5ccccc5-c5ccccc54)cc3)cc21. The molecule has 49 heavy (non-hydrogen) atoms. The highest BCUT2D eigenvalue weighted by molar-refractivity contribution is 7.21. The standard InChI is InChI=1S/C47H33NS/c1-46(2)36-15-7-3-11-31(36)34-24-23-30(27-41(34)46)28-19-21-29(22-20-28)45-48-44-42(49-45)26-25-40-43(44)35-14-6-10-18-39(35)47(40)37-16-8-4-12-32(37)33-13-5-9-17-38(33)47/h3-5,7-9,11-27H,6,10H2,1-2H3. The molecule has 4 aliphatic rings. The van der Waals surface area contributed by atoms with Gasteiger partial charge >= 0.3 is 0 Å². The largest absolute Gasteiger partial charge is 0.235 e. The van der Waals surface area contributed by atoms with Crippen LogP contribution in [0.1, 0.15) is 60.1 Å². The Morgan fingerprint density at radius 1 is 0.531 bits per heavy atom. The van der Waals surface area contributed by atoms with Gasteiger partial charge in [0.05, 0.1) is 15.6 Å². The molecular formula is C47H33NS. The molecule has 1 spiro atoms. The monoisotopic (exact) mass is 643 g/mol. The minimum atomic E-state index is -0.291. The van der Waals surface area contributed by atoms with Gasteiger partial charge in [0.2, 0.25) is 0 Å². The summed E-state index contributed by atoms with van der Waals surface area (Å²) in [6.45, 7) is 4.70. The summed E-state index contributed by atoms with van der Waals surface area (Å²) in [7, 11) is 0. The fraction of sp³-hybridized carbons (Fsp3) is 0.128. The van der Waals surface area contributed by atoms with Crippen LogP contribution in [0.25, 0.3) is 59.7 Å². The second-order valence-electron chi connectivity index (χ2n) is 14.5. The molecule has 0 atom stereocenters. The van der Waals surface area contributed by atoms with Crippen LogP contribution in [0.5, 0.6) is 0 Å². The minimum absolute atomic E-state index is 0.00675. The van der Waals surface area contributed by atoms with Crippen LogP contribution in [-0.4, -0.2) is 4.98 Å². The van der Waals surface area contributed by atoms with E-state index < -0.39 is 0 Å². The summed E-state index contributed by atoms with van der Waals surface area (Å²) >= 11 is 1.81. The van der Waals surface area contributed by atoms with Gasteiger partial charge in [-0.2, -0.15) is 0 Å². The molecule has 1 heterocycles. The number of allylic oxidation sites excluding steroid dienone is 4. The molecule has 0 radical (unpaired) electrons. The van der Waals surface area contributed by atoms with Crippen LogP contribution in [0.2, 0.25) is 0 Å². The summed E-state index contributed by atoms with van der Waals surface area (Å²) in [5.41, 5.74) is 21.1. The summed E-state index contributed by atoms with van der Waals surface area (Å²) in [6, 6.07) is 47.8. The molecule has 0 amide bonds. The third kappa shape index (κ3) is 3.47. The van der Waals surface area contributed by atoms with Crippen LogP contribution in [0, 0.1) is 0 Å². The van der Waals surface area contributed by atoms with E-state index in [1.165, 1.54) is 88.2 Å². The summed E-state index contributed by atoms with van der Waals surface area (Å²) in [4.78, 5) is 5.45. The molecule has 0 unspecified atom stereocenters. The fourth-order valence-electron chi connectivity index (χ4n) is 9.62. The van der Waals surface area contributed by atoms with E-state index >= 15 is 0 Å². The van der Waals surface area contributed by atoms with Gasteiger partial charge in [-0.1, -0.05) is 141 Å². The highest BCUT2D eigenvalue weighted by atomic mass is 32.1. The zero-order valence-corrected chi connectivity index (χ0v) is 28.4.